The van der Waals surface area contributed by atoms with Gasteiger partial charge < -0.3 is 10.5 Å². The van der Waals surface area contributed by atoms with Crippen LogP contribution in [0.1, 0.15) is 0 Å². The first-order valence-corrected chi connectivity index (χ1v) is 5.82. The minimum Gasteiger partial charge on any atom is -0.486 e. The van der Waals surface area contributed by atoms with Crippen LogP contribution in [0.3, 0.4) is 0 Å². The van der Waals surface area contributed by atoms with E-state index in [0.717, 1.165) is 5.56 Å². The van der Waals surface area contributed by atoms with Gasteiger partial charge in [0.05, 0.1) is 18.7 Å². The molecule has 0 spiro atoms. The fourth-order valence-electron chi connectivity index (χ4n) is 1.44. The first-order chi connectivity index (χ1) is 9.33. The van der Waals surface area contributed by atoms with Gasteiger partial charge in [0.15, 0.2) is 11.6 Å². The Kier molecular flexibility index (Phi) is 6.63. The highest BCUT2D eigenvalue weighted by atomic mass is 35.5. The van der Waals surface area contributed by atoms with Crippen molar-refractivity contribution in [1.82, 2.24) is 9.97 Å². The average Bonchev–Trinajstić information content (AvgIpc) is 2.50. The molecule has 0 fully saturated rings. The standard InChI is InChI=1S/C14H14FN3O.ClH/c15-6-11(7-16)10-19-13-8-17-14(18-9-13)12-4-2-1-3-5-12;/h1-6,8-9H,7,10,16H2;1H. The lowest BCUT2D eigenvalue weighted by molar-refractivity contribution is 0.344. The zero-order valence-corrected chi connectivity index (χ0v) is 11.5. The number of ether oxygens (including phenoxy) is 1. The second-order valence-corrected chi connectivity index (χ2v) is 3.87. The van der Waals surface area contributed by atoms with Crippen molar-refractivity contribution < 1.29 is 9.13 Å². The maximum atomic E-state index is 12.3. The summed E-state index contributed by atoms with van der Waals surface area (Å²) in [6.07, 6.45) is 3.57. The van der Waals surface area contributed by atoms with Crippen molar-refractivity contribution in [3.05, 3.63) is 54.6 Å². The predicted octanol–water partition coefficient (Wildman–Crippen LogP) is 2.76. The molecule has 0 aliphatic rings. The van der Waals surface area contributed by atoms with Crippen LogP contribution in [0.4, 0.5) is 4.39 Å². The summed E-state index contributed by atoms with van der Waals surface area (Å²) in [5.41, 5.74) is 6.64. The van der Waals surface area contributed by atoms with Crippen LogP contribution in [0.15, 0.2) is 54.6 Å². The van der Waals surface area contributed by atoms with Gasteiger partial charge in [0.1, 0.15) is 6.61 Å². The number of nitrogens with two attached hydrogens (primary N) is 1. The molecule has 0 amide bonds. The van der Waals surface area contributed by atoms with E-state index in [1.807, 2.05) is 30.3 Å². The normalized spacial score (nSPS) is 10.8. The fourth-order valence-corrected chi connectivity index (χ4v) is 1.44. The third-order valence-electron chi connectivity index (χ3n) is 2.50. The molecule has 0 atom stereocenters. The molecule has 0 saturated carbocycles. The molecule has 106 valence electrons. The molecular formula is C14H15ClFN3O. The Bertz CT molecular complexity index is 546. The third-order valence-corrected chi connectivity index (χ3v) is 2.50. The van der Waals surface area contributed by atoms with Crippen LogP contribution in [0.25, 0.3) is 11.4 Å². The van der Waals surface area contributed by atoms with Gasteiger partial charge in [0.25, 0.3) is 0 Å². The van der Waals surface area contributed by atoms with Crippen LogP contribution in [0, 0.1) is 0 Å². The maximum Gasteiger partial charge on any atom is 0.159 e. The van der Waals surface area contributed by atoms with Crippen molar-refractivity contribution in [3.8, 4) is 17.1 Å². The molecule has 4 nitrogen and oxygen atoms in total. The van der Waals surface area contributed by atoms with Gasteiger partial charge in [-0.05, 0) is 0 Å². The maximum absolute atomic E-state index is 12.3. The molecule has 0 aliphatic carbocycles. The van der Waals surface area contributed by atoms with Gasteiger partial charge in [0.2, 0.25) is 0 Å². The molecule has 0 unspecified atom stereocenters. The summed E-state index contributed by atoms with van der Waals surface area (Å²) in [5, 5.41) is 0. The van der Waals surface area contributed by atoms with E-state index >= 15 is 0 Å². The lowest BCUT2D eigenvalue weighted by Gasteiger charge is -2.07. The molecule has 0 aliphatic heterocycles. The molecule has 2 N–H and O–H groups in total. The Hall–Kier alpha value is -1.98. The number of aromatic nitrogens is 2. The van der Waals surface area contributed by atoms with Crippen LogP contribution >= 0.6 is 12.4 Å². The summed E-state index contributed by atoms with van der Waals surface area (Å²) in [4.78, 5) is 8.40. The molecule has 1 aromatic heterocycles. The molecule has 6 heteroatoms. The van der Waals surface area contributed by atoms with E-state index in [1.54, 1.807) is 12.4 Å². The number of hydrogen-bond donors (Lipinski definition) is 1. The molecule has 0 radical (unpaired) electrons. The van der Waals surface area contributed by atoms with E-state index in [1.165, 1.54) is 0 Å². The van der Waals surface area contributed by atoms with E-state index in [4.69, 9.17) is 10.5 Å². The Balaban J connectivity index is 0.00000200. The summed E-state index contributed by atoms with van der Waals surface area (Å²) in [6.45, 7) is 0.223. The van der Waals surface area contributed by atoms with E-state index in [9.17, 15) is 4.39 Å². The molecule has 2 rings (SSSR count). The predicted molar refractivity (Wildman–Crippen MR) is 78.5 cm³/mol. The van der Waals surface area contributed by atoms with Crippen molar-refractivity contribution >= 4 is 12.4 Å². The Morgan fingerprint density at radius 3 is 2.40 bits per heavy atom. The van der Waals surface area contributed by atoms with Gasteiger partial charge in [-0.25, -0.2) is 14.4 Å². The number of nitrogens with zero attached hydrogens (tertiary/aromatic N) is 2. The van der Waals surface area contributed by atoms with E-state index < -0.39 is 0 Å². The Morgan fingerprint density at radius 1 is 1.20 bits per heavy atom. The van der Waals surface area contributed by atoms with Gasteiger partial charge in [-0.3, -0.25) is 0 Å². The van der Waals surface area contributed by atoms with Gasteiger partial charge >= 0.3 is 0 Å². The topological polar surface area (TPSA) is 61.0 Å². The molecule has 2 aromatic rings. The molecule has 0 bridgehead atoms. The highest BCUT2D eigenvalue weighted by Gasteiger charge is 2.02. The number of benzene rings is 1. The van der Waals surface area contributed by atoms with Crippen molar-refractivity contribution in [2.24, 2.45) is 5.73 Å². The Morgan fingerprint density at radius 2 is 1.85 bits per heavy atom. The summed E-state index contributed by atoms with van der Waals surface area (Å²) in [7, 11) is 0. The van der Waals surface area contributed by atoms with Crippen molar-refractivity contribution in [2.75, 3.05) is 13.2 Å². The second-order valence-electron chi connectivity index (χ2n) is 3.87. The van der Waals surface area contributed by atoms with Crippen LogP contribution in [0.5, 0.6) is 5.75 Å². The first kappa shape index (κ1) is 16.1. The monoisotopic (exact) mass is 295 g/mol. The van der Waals surface area contributed by atoms with Gasteiger partial charge in [-0.1, -0.05) is 30.3 Å². The van der Waals surface area contributed by atoms with Crippen LogP contribution < -0.4 is 10.5 Å². The summed E-state index contributed by atoms with van der Waals surface area (Å²) < 4.78 is 17.6. The average molecular weight is 296 g/mol. The lowest BCUT2D eigenvalue weighted by atomic mass is 10.2. The summed E-state index contributed by atoms with van der Waals surface area (Å²) in [6, 6.07) is 9.62. The zero-order valence-electron chi connectivity index (χ0n) is 10.7. The molecule has 1 aromatic carbocycles. The molecular weight excluding hydrogens is 281 g/mol. The van der Waals surface area contributed by atoms with Gasteiger partial charge in [-0.15, -0.1) is 12.4 Å². The van der Waals surface area contributed by atoms with E-state index in [-0.39, 0.29) is 25.6 Å². The van der Waals surface area contributed by atoms with Crippen molar-refractivity contribution in [2.45, 2.75) is 0 Å². The van der Waals surface area contributed by atoms with Crippen molar-refractivity contribution in [3.63, 3.8) is 0 Å². The second kappa shape index (κ2) is 8.24. The smallest absolute Gasteiger partial charge is 0.159 e. The van der Waals surface area contributed by atoms with Crippen molar-refractivity contribution in [1.29, 1.82) is 0 Å². The molecule has 20 heavy (non-hydrogen) atoms. The number of halogens is 2. The van der Waals surface area contributed by atoms with E-state index in [2.05, 4.69) is 9.97 Å². The lowest BCUT2D eigenvalue weighted by Crippen LogP contribution is -2.11. The Labute approximate surface area is 122 Å². The summed E-state index contributed by atoms with van der Waals surface area (Å²) in [5.74, 6) is 1.10. The largest absolute Gasteiger partial charge is 0.486 e. The van der Waals surface area contributed by atoms with E-state index in [0.29, 0.717) is 23.5 Å². The molecule has 1 heterocycles. The quantitative estimate of drug-likeness (QED) is 0.921. The highest BCUT2D eigenvalue weighted by Crippen LogP contribution is 2.16. The molecule has 0 saturated heterocycles. The summed E-state index contributed by atoms with van der Waals surface area (Å²) >= 11 is 0. The highest BCUT2D eigenvalue weighted by molar-refractivity contribution is 5.85. The third kappa shape index (κ3) is 4.29. The zero-order chi connectivity index (χ0) is 13.5. The van der Waals surface area contributed by atoms with Crippen LogP contribution in [-0.2, 0) is 0 Å². The van der Waals surface area contributed by atoms with Gasteiger partial charge in [-0.2, -0.15) is 0 Å². The van der Waals surface area contributed by atoms with Gasteiger partial charge in [0, 0.05) is 17.7 Å². The first-order valence-electron chi connectivity index (χ1n) is 5.82. The fraction of sp³-hybridized carbons (Fsp3) is 0.143. The van der Waals surface area contributed by atoms with Crippen LogP contribution in [0.2, 0.25) is 0 Å². The van der Waals surface area contributed by atoms with Crippen LogP contribution in [-0.4, -0.2) is 23.1 Å². The number of hydrogen-bond acceptors (Lipinski definition) is 4. The minimum atomic E-state index is 0. The SMILES string of the molecule is Cl.NCC(=CF)COc1cnc(-c2ccccc2)nc1. The number of rotatable bonds is 5. The minimum absolute atomic E-state index is 0.